The van der Waals surface area contributed by atoms with Gasteiger partial charge in [-0.05, 0) is 62.1 Å². The summed E-state index contributed by atoms with van der Waals surface area (Å²) in [5, 5.41) is 9.34. The number of rotatable bonds is 15. The smallest absolute Gasteiger partial charge is 0.478 e. The Balaban J connectivity index is 1.34. The number of nitrogens with zero attached hydrogens (tertiary/aromatic N) is 5. The van der Waals surface area contributed by atoms with E-state index in [-0.39, 0.29) is 52.4 Å². The van der Waals surface area contributed by atoms with Crippen molar-refractivity contribution >= 4 is 38.9 Å². The molecule has 2 atom stereocenters. The highest BCUT2D eigenvalue weighted by atomic mass is 32.2. The SMILES string of the molecule is Cc1cccc(C)c1-c1cc(OC[C@H](N)[C@@H](CCCC(=O)c2cnc3cc(C(C)(C)C)n(C)c3n2)OC(F)(F)F)nc(NS(=O)(=O)c2cccc(C(=O)O)c2)n1. The Kier molecular flexibility index (Phi) is 12.2. The van der Waals surface area contributed by atoms with Gasteiger partial charge in [-0.25, -0.2) is 27.9 Å². The van der Waals surface area contributed by atoms with Crippen molar-refractivity contribution in [2.75, 3.05) is 11.3 Å². The number of carboxylic acid groups (broad SMARTS) is 1. The Morgan fingerprint density at radius 1 is 1.00 bits per heavy atom. The molecule has 0 radical (unpaired) electrons. The van der Waals surface area contributed by atoms with Gasteiger partial charge in [-0.3, -0.25) is 14.5 Å². The second kappa shape index (κ2) is 16.3. The number of ketones is 1. The lowest BCUT2D eigenvalue weighted by molar-refractivity contribution is -0.345. The number of hydrogen-bond donors (Lipinski definition) is 3. The third kappa shape index (κ3) is 10.0. The maximum Gasteiger partial charge on any atom is 0.522 e. The topological polar surface area (TPSA) is 202 Å². The van der Waals surface area contributed by atoms with E-state index < -0.39 is 52.8 Å². The molecule has 0 saturated heterocycles. The van der Waals surface area contributed by atoms with Gasteiger partial charge in [0.2, 0.25) is 11.8 Å². The molecule has 56 heavy (non-hydrogen) atoms. The van der Waals surface area contributed by atoms with Crippen molar-refractivity contribution in [2.45, 2.75) is 82.7 Å². The molecule has 0 aliphatic carbocycles. The summed E-state index contributed by atoms with van der Waals surface area (Å²) in [6.45, 7) is 9.16. The minimum absolute atomic E-state index is 0.0351. The molecule has 5 aromatic rings. The van der Waals surface area contributed by atoms with Gasteiger partial charge in [-0.2, -0.15) is 4.98 Å². The van der Waals surface area contributed by atoms with Gasteiger partial charge in [-0.1, -0.05) is 45.0 Å². The molecule has 0 amide bonds. The number of ether oxygens (including phenoxy) is 2. The molecule has 18 heteroatoms. The van der Waals surface area contributed by atoms with Crippen LogP contribution in [0, 0.1) is 13.8 Å². The monoisotopic (exact) mass is 797 g/mol. The van der Waals surface area contributed by atoms with Gasteiger partial charge in [0.1, 0.15) is 17.8 Å². The summed E-state index contributed by atoms with van der Waals surface area (Å²) in [4.78, 5) is 41.5. The van der Waals surface area contributed by atoms with Crippen molar-refractivity contribution in [2.24, 2.45) is 12.8 Å². The lowest BCUT2D eigenvalue weighted by Gasteiger charge is -2.25. The summed E-state index contributed by atoms with van der Waals surface area (Å²) in [5.41, 5.74) is 10.3. The third-order valence-corrected chi connectivity index (χ3v) is 10.2. The van der Waals surface area contributed by atoms with Crippen LogP contribution >= 0.6 is 0 Å². The molecular weight excluding hydrogens is 756 g/mol. The fourth-order valence-corrected chi connectivity index (χ4v) is 7.20. The molecule has 0 unspecified atom stereocenters. The van der Waals surface area contributed by atoms with Crippen LogP contribution in [0.4, 0.5) is 19.1 Å². The van der Waals surface area contributed by atoms with Crippen molar-refractivity contribution < 1.29 is 45.8 Å². The normalized spacial score (nSPS) is 13.4. The number of nitrogens with two attached hydrogens (primary N) is 1. The van der Waals surface area contributed by atoms with Crippen molar-refractivity contribution in [1.29, 1.82) is 0 Å². The number of carbonyl (C=O) groups excluding carboxylic acids is 1. The van der Waals surface area contributed by atoms with Gasteiger partial charge in [0.05, 0.1) is 34.5 Å². The number of hydrogen-bond acceptors (Lipinski definition) is 11. The summed E-state index contributed by atoms with van der Waals surface area (Å²) in [6.07, 6.45) is -5.83. The number of aromatic nitrogens is 5. The summed E-state index contributed by atoms with van der Waals surface area (Å²) >= 11 is 0. The number of aryl methyl sites for hydroxylation is 3. The molecule has 14 nitrogen and oxygen atoms in total. The Hall–Kier alpha value is -5.46. The average Bonchev–Trinajstić information content (AvgIpc) is 3.45. The van der Waals surface area contributed by atoms with Crippen molar-refractivity contribution in [1.82, 2.24) is 24.5 Å². The van der Waals surface area contributed by atoms with Gasteiger partial charge in [-0.15, -0.1) is 13.2 Å². The molecule has 0 aliphatic heterocycles. The second-order valence-corrected chi connectivity index (χ2v) is 16.0. The standard InChI is InChI=1S/C38H42F3N7O7S/c1-21-10-7-11-22(2)33(21)26-18-32(46-36(45-26)47-56(52,53)24-13-8-12-23(16-24)35(50)51)54-20-25(42)30(55-38(39,40)41)15-9-14-29(49)28-19-43-27-17-31(37(3,4)5)48(6)34(27)44-28/h7-8,10-13,16-19,25,30H,9,14-15,20,42H2,1-6H3,(H,50,51)(H,45,46,47)/t25-,30+/m0/s1. The van der Waals surface area contributed by atoms with E-state index in [0.29, 0.717) is 16.7 Å². The molecule has 4 N–H and O–H groups in total. The third-order valence-electron chi connectivity index (χ3n) is 8.92. The number of anilines is 1. The number of sulfonamides is 1. The van der Waals surface area contributed by atoms with E-state index in [9.17, 15) is 36.3 Å². The molecule has 0 bridgehead atoms. The van der Waals surface area contributed by atoms with Crippen LogP contribution in [0.3, 0.4) is 0 Å². The number of halogens is 3. The number of fused-ring (bicyclic) bond motifs is 1. The lowest BCUT2D eigenvalue weighted by Crippen LogP contribution is -2.44. The summed E-state index contributed by atoms with van der Waals surface area (Å²) in [7, 11) is -2.60. The number of Topliss-reactive ketones (excluding diaryl/α,β-unsaturated/α-hetero) is 1. The fourth-order valence-electron chi connectivity index (χ4n) is 6.21. The lowest BCUT2D eigenvalue weighted by atomic mass is 9.92. The van der Waals surface area contributed by atoms with E-state index in [1.54, 1.807) is 26.0 Å². The Morgan fingerprint density at radius 2 is 1.68 bits per heavy atom. The van der Waals surface area contributed by atoms with Crippen LogP contribution < -0.4 is 15.2 Å². The molecule has 0 fully saturated rings. The first-order valence-electron chi connectivity index (χ1n) is 17.4. The zero-order chi connectivity index (χ0) is 41.2. The molecule has 298 valence electrons. The number of alkyl halides is 3. The average molecular weight is 798 g/mol. The minimum atomic E-state index is -5.06. The van der Waals surface area contributed by atoms with Gasteiger partial charge in [0.15, 0.2) is 11.4 Å². The van der Waals surface area contributed by atoms with Crippen LogP contribution in [0.5, 0.6) is 5.88 Å². The Bertz CT molecular complexity index is 2360. The van der Waals surface area contributed by atoms with E-state index in [4.69, 9.17) is 10.5 Å². The maximum atomic E-state index is 13.6. The predicted octanol–water partition coefficient (Wildman–Crippen LogP) is 6.50. The molecule has 5 rings (SSSR count). The predicted molar refractivity (Wildman–Crippen MR) is 201 cm³/mol. The molecule has 3 aromatic heterocycles. The summed E-state index contributed by atoms with van der Waals surface area (Å²) in [6, 6.07) is 12.0. The van der Waals surface area contributed by atoms with Crippen LogP contribution in [-0.2, 0) is 27.2 Å². The van der Waals surface area contributed by atoms with Crippen LogP contribution in [0.15, 0.2) is 65.7 Å². The number of nitrogens with one attached hydrogen (secondary N) is 1. The van der Waals surface area contributed by atoms with E-state index in [1.807, 2.05) is 44.5 Å². The van der Waals surface area contributed by atoms with Gasteiger partial charge < -0.3 is 20.1 Å². The molecule has 0 saturated carbocycles. The number of aromatic carboxylic acids is 1. The van der Waals surface area contributed by atoms with E-state index in [0.717, 1.165) is 22.9 Å². The fraction of sp³-hybridized carbons (Fsp3) is 0.368. The van der Waals surface area contributed by atoms with E-state index in [1.165, 1.54) is 30.5 Å². The van der Waals surface area contributed by atoms with Crippen molar-refractivity contribution in [3.05, 3.63) is 88.9 Å². The highest BCUT2D eigenvalue weighted by Crippen LogP contribution is 2.31. The number of benzene rings is 2. The molecule has 0 spiro atoms. The molecule has 0 aliphatic rings. The molecule has 2 aromatic carbocycles. The Labute approximate surface area is 321 Å². The van der Waals surface area contributed by atoms with Crippen LogP contribution in [-0.4, -0.2) is 74.9 Å². The quantitative estimate of drug-likeness (QED) is 0.0972. The first-order chi connectivity index (χ1) is 26.1. The van der Waals surface area contributed by atoms with Gasteiger partial charge in [0.25, 0.3) is 10.0 Å². The van der Waals surface area contributed by atoms with E-state index >= 15 is 0 Å². The largest absolute Gasteiger partial charge is 0.522 e. The molecular formula is C38H42F3N7O7S. The van der Waals surface area contributed by atoms with Gasteiger partial charge in [0, 0.05) is 36.2 Å². The first kappa shape index (κ1) is 41.7. The second-order valence-electron chi connectivity index (χ2n) is 14.3. The van der Waals surface area contributed by atoms with Crippen molar-refractivity contribution in [3.63, 3.8) is 0 Å². The molecule has 3 heterocycles. The zero-order valence-electron chi connectivity index (χ0n) is 31.5. The van der Waals surface area contributed by atoms with Crippen LogP contribution in [0.2, 0.25) is 0 Å². The first-order valence-corrected chi connectivity index (χ1v) is 18.9. The highest BCUT2D eigenvalue weighted by molar-refractivity contribution is 7.92. The van der Waals surface area contributed by atoms with Gasteiger partial charge >= 0.3 is 12.3 Å². The number of carbonyl (C=O) groups is 2. The zero-order valence-corrected chi connectivity index (χ0v) is 32.3. The Morgan fingerprint density at radius 3 is 2.32 bits per heavy atom. The number of carboxylic acids is 1. The summed E-state index contributed by atoms with van der Waals surface area (Å²) < 4.78 is 81.5. The maximum absolute atomic E-state index is 13.6. The highest BCUT2D eigenvalue weighted by Gasteiger charge is 2.36. The summed E-state index contributed by atoms with van der Waals surface area (Å²) in [5.74, 6) is -2.44. The van der Waals surface area contributed by atoms with Crippen LogP contribution in [0.25, 0.3) is 22.4 Å². The minimum Gasteiger partial charge on any atom is -0.478 e. The van der Waals surface area contributed by atoms with Crippen LogP contribution in [0.1, 0.15) is 77.7 Å². The van der Waals surface area contributed by atoms with E-state index in [2.05, 4.69) is 29.4 Å². The van der Waals surface area contributed by atoms with Crippen molar-refractivity contribution in [3.8, 4) is 17.1 Å².